The molecule has 2 heterocycles. The molecule has 0 saturated heterocycles. The minimum Gasteiger partial charge on any atom is -0.328 e. The van der Waals surface area contributed by atoms with Gasteiger partial charge in [0.15, 0.2) is 0 Å². The average Bonchev–Trinajstić information content (AvgIpc) is 3.26. The van der Waals surface area contributed by atoms with Crippen molar-refractivity contribution in [1.29, 1.82) is 0 Å². The Morgan fingerprint density at radius 2 is 2.00 bits per heavy atom. The summed E-state index contributed by atoms with van der Waals surface area (Å²) in [6.45, 7) is -0.449. The zero-order valence-electron chi connectivity index (χ0n) is 13.7. The maximum atomic E-state index is 14.5. The summed E-state index contributed by atoms with van der Waals surface area (Å²) < 4.78 is 28.7. The molecular weight excluding hydrogens is 401 g/mol. The van der Waals surface area contributed by atoms with E-state index in [1.54, 1.807) is 0 Å². The van der Waals surface area contributed by atoms with E-state index in [1.165, 1.54) is 29.4 Å². The molecule has 0 unspecified atom stereocenters. The Kier molecular flexibility index (Phi) is 4.27. The molecular formula is C17H12Cl2F2N4O2. The van der Waals surface area contributed by atoms with E-state index in [9.17, 15) is 18.4 Å². The summed E-state index contributed by atoms with van der Waals surface area (Å²) in [5, 5.41) is 2.58. The molecule has 1 saturated carbocycles. The standard InChI is InChI=1S/C17H12Cl2F2N4O2/c18-8-4-22-16(23-5-8)24-12(26)6-25-7-17(3-11(17)20)13-9(15(25)27)1-2-10(19)14(13)21/h1-2,4-5,11H,3,6-7H2,(H,22,23,24,26)/t11-,17+/m1/s1. The van der Waals surface area contributed by atoms with Gasteiger partial charge < -0.3 is 4.90 Å². The Hall–Kier alpha value is -2.32. The summed E-state index contributed by atoms with van der Waals surface area (Å²) in [7, 11) is 0. The molecule has 4 rings (SSSR count). The third-order valence-electron chi connectivity index (χ3n) is 4.77. The molecule has 27 heavy (non-hydrogen) atoms. The van der Waals surface area contributed by atoms with Crippen LogP contribution in [0.25, 0.3) is 0 Å². The molecule has 140 valence electrons. The number of halogens is 4. The number of carbonyl (C=O) groups is 2. The number of alkyl halides is 1. The Labute approximate surface area is 162 Å². The van der Waals surface area contributed by atoms with Gasteiger partial charge in [0.2, 0.25) is 11.9 Å². The number of hydrogen-bond donors (Lipinski definition) is 1. The second kappa shape index (κ2) is 6.38. The number of nitrogens with zero attached hydrogens (tertiary/aromatic N) is 3. The van der Waals surface area contributed by atoms with E-state index in [0.717, 1.165) is 0 Å². The second-order valence-corrected chi connectivity index (χ2v) is 7.39. The van der Waals surface area contributed by atoms with Gasteiger partial charge in [-0.15, -0.1) is 0 Å². The molecule has 1 aromatic carbocycles. The number of hydrogen-bond acceptors (Lipinski definition) is 4. The van der Waals surface area contributed by atoms with Gasteiger partial charge in [-0.05, 0) is 18.6 Å². The summed E-state index contributed by atoms with van der Waals surface area (Å²) in [6.07, 6.45) is 1.39. The van der Waals surface area contributed by atoms with Crippen molar-refractivity contribution in [3.8, 4) is 0 Å². The quantitative estimate of drug-likeness (QED) is 0.840. The smallest absolute Gasteiger partial charge is 0.254 e. The van der Waals surface area contributed by atoms with E-state index in [-0.39, 0.29) is 41.6 Å². The highest BCUT2D eigenvalue weighted by atomic mass is 35.5. The topological polar surface area (TPSA) is 75.2 Å². The minimum absolute atomic E-state index is 0.00481. The first kappa shape index (κ1) is 18.1. The van der Waals surface area contributed by atoms with Crippen LogP contribution in [0.5, 0.6) is 0 Å². The van der Waals surface area contributed by atoms with E-state index < -0.39 is 29.2 Å². The van der Waals surface area contributed by atoms with Crippen molar-refractivity contribution in [2.24, 2.45) is 0 Å². The predicted octanol–water partition coefficient (Wildman–Crippen LogP) is 3.00. The summed E-state index contributed by atoms with van der Waals surface area (Å²) >= 11 is 11.5. The average molecular weight is 413 g/mol. The zero-order valence-corrected chi connectivity index (χ0v) is 15.2. The third-order valence-corrected chi connectivity index (χ3v) is 5.26. The first-order chi connectivity index (χ1) is 12.8. The zero-order chi connectivity index (χ0) is 19.3. The van der Waals surface area contributed by atoms with Crippen molar-refractivity contribution in [3.05, 3.63) is 51.5 Å². The SMILES string of the molecule is O=C(CN1C[C@]2(C[C@H]2F)c2c(ccc(Cl)c2F)C1=O)Nc1ncc(Cl)cn1. The maximum Gasteiger partial charge on any atom is 0.254 e. The van der Waals surface area contributed by atoms with Gasteiger partial charge in [0.05, 0.1) is 27.9 Å². The van der Waals surface area contributed by atoms with Gasteiger partial charge in [0.1, 0.15) is 18.5 Å². The molecule has 1 aromatic heterocycles. The van der Waals surface area contributed by atoms with Crippen LogP contribution in [0, 0.1) is 5.82 Å². The highest BCUT2D eigenvalue weighted by Gasteiger charge is 2.62. The van der Waals surface area contributed by atoms with Crippen LogP contribution in [0.1, 0.15) is 22.3 Å². The molecule has 10 heteroatoms. The fourth-order valence-corrected chi connectivity index (χ4v) is 3.66. The number of benzene rings is 1. The normalized spacial score (nSPS) is 23.3. The lowest BCUT2D eigenvalue weighted by Gasteiger charge is -2.34. The molecule has 0 bridgehead atoms. The summed E-state index contributed by atoms with van der Waals surface area (Å²) in [4.78, 5) is 33.8. The largest absolute Gasteiger partial charge is 0.328 e. The molecule has 2 amide bonds. The third kappa shape index (κ3) is 3.02. The Morgan fingerprint density at radius 3 is 2.63 bits per heavy atom. The van der Waals surface area contributed by atoms with Crippen molar-refractivity contribution in [2.45, 2.75) is 18.0 Å². The lowest BCUT2D eigenvalue weighted by atomic mass is 9.85. The molecule has 1 spiro atoms. The van der Waals surface area contributed by atoms with Crippen molar-refractivity contribution >= 4 is 41.0 Å². The van der Waals surface area contributed by atoms with Crippen molar-refractivity contribution < 1.29 is 18.4 Å². The van der Waals surface area contributed by atoms with Gasteiger partial charge in [0.25, 0.3) is 5.91 Å². The van der Waals surface area contributed by atoms with Gasteiger partial charge in [-0.25, -0.2) is 18.7 Å². The molecule has 2 aliphatic rings. The van der Waals surface area contributed by atoms with Crippen LogP contribution in [0.4, 0.5) is 14.7 Å². The van der Waals surface area contributed by atoms with Crippen LogP contribution in [-0.4, -0.2) is 45.9 Å². The molecule has 1 N–H and O–H groups in total. The van der Waals surface area contributed by atoms with Crippen LogP contribution in [0.2, 0.25) is 10.0 Å². The van der Waals surface area contributed by atoms with Gasteiger partial charge in [-0.2, -0.15) is 0 Å². The van der Waals surface area contributed by atoms with Crippen LogP contribution in [0.3, 0.4) is 0 Å². The molecule has 0 radical (unpaired) electrons. The first-order valence-electron chi connectivity index (χ1n) is 8.01. The van der Waals surface area contributed by atoms with E-state index in [1.807, 2.05) is 0 Å². The molecule has 2 aromatic rings. The molecule has 6 nitrogen and oxygen atoms in total. The fourth-order valence-electron chi connectivity index (χ4n) is 3.40. The van der Waals surface area contributed by atoms with Gasteiger partial charge in [0, 0.05) is 17.7 Å². The van der Waals surface area contributed by atoms with Gasteiger partial charge in [-0.1, -0.05) is 23.2 Å². The number of amides is 2. The van der Waals surface area contributed by atoms with Crippen LogP contribution in [-0.2, 0) is 10.2 Å². The van der Waals surface area contributed by atoms with Crippen LogP contribution in [0.15, 0.2) is 24.5 Å². The van der Waals surface area contributed by atoms with Crippen molar-refractivity contribution in [3.63, 3.8) is 0 Å². The highest BCUT2D eigenvalue weighted by Crippen LogP contribution is 2.55. The number of fused-ring (bicyclic) bond motifs is 2. The Bertz CT molecular complexity index is 957. The molecule has 1 aliphatic carbocycles. The van der Waals surface area contributed by atoms with Crippen molar-refractivity contribution in [1.82, 2.24) is 14.9 Å². The number of carbonyl (C=O) groups excluding carboxylic acids is 2. The minimum atomic E-state index is -1.30. The highest BCUT2D eigenvalue weighted by molar-refractivity contribution is 6.31. The van der Waals surface area contributed by atoms with Crippen LogP contribution < -0.4 is 5.32 Å². The Morgan fingerprint density at radius 1 is 1.33 bits per heavy atom. The van der Waals surface area contributed by atoms with E-state index in [2.05, 4.69) is 15.3 Å². The summed E-state index contributed by atoms with van der Waals surface area (Å²) in [5.41, 5.74) is -1.13. The van der Waals surface area contributed by atoms with Crippen LogP contribution >= 0.6 is 23.2 Å². The fraction of sp³-hybridized carbons (Fsp3) is 0.294. The second-order valence-electron chi connectivity index (χ2n) is 6.55. The lowest BCUT2D eigenvalue weighted by Crippen LogP contribution is -2.48. The number of anilines is 1. The summed E-state index contributed by atoms with van der Waals surface area (Å²) in [6, 6.07) is 2.62. The van der Waals surface area contributed by atoms with E-state index >= 15 is 0 Å². The monoisotopic (exact) mass is 412 g/mol. The predicted molar refractivity (Wildman–Crippen MR) is 94.2 cm³/mol. The lowest BCUT2D eigenvalue weighted by molar-refractivity contribution is -0.117. The Balaban J connectivity index is 1.58. The maximum absolute atomic E-state index is 14.5. The molecule has 1 aliphatic heterocycles. The number of rotatable bonds is 3. The molecule has 1 fully saturated rings. The number of aromatic nitrogens is 2. The van der Waals surface area contributed by atoms with Gasteiger partial charge >= 0.3 is 0 Å². The van der Waals surface area contributed by atoms with Gasteiger partial charge in [-0.3, -0.25) is 14.9 Å². The van der Waals surface area contributed by atoms with E-state index in [0.29, 0.717) is 5.02 Å². The van der Waals surface area contributed by atoms with E-state index in [4.69, 9.17) is 23.2 Å². The first-order valence-corrected chi connectivity index (χ1v) is 8.76. The molecule has 2 atom stereocenters. The van der Waals surface area contributed by atoms with Crippen molar-refractivity contribution in [2.75, 3.05) is 18.4 Å². The summed E-state index contributed by atoms with van der Waals surface area (Å²) in [5.74, 6) is -1.87. The number of nitrogens with one attached hydrogen (secondary N) is 1.